The summed E-state index contributed by atoms with van der Waals surface area (Å²) < 4.78 is 103. The predicted octanol–water partition coefficient (Wildman–Crippen LogP) is 16.5. The van der Waals surface area contributed by atoms with Crippen LogP contribution in [-0.2, 0) is 26.2 Å². The number of halogens is 7. The molecule has 5 aliphatic rings. The molecule has 15 aromatic rings. The zero-order valence-electron chi connectivity index (χ0n) is 80.1. The van der Waals surface area contributed by atoms with Crippen molar-refractivity contribution < 1.29 is 72.7 Å². The summed E-state index contributed by atoms with van der Waals surface area (Å²) in [6.45, 7) is 23.5. The number of methoxy groups -OCH3 is 1. The van der Waals surface area contributed by atoms with Gasteiger partial charge in [-0.3, -0.25) is 71.9 Å². The molecule has 5 aliphatic heterocycles. The lowest BCUT2D eigenvalue weighted by molar-refractivity contribution is -0.147. The molecule has 5 aromatic heterocycles. The Morgan fingerprint density at radius 2 is 0.692 bits per heavy atom. The smallest absolute Gasteiger partial charge is 0.415 e. The number of carbonyl (C=O) groups excluding carboxylic acids is 5. The molecule has 0 aliphatic carbocycles. The number of nitrogens with one attached hydrogen (secondary N) is 15. The Morgan fingerprint density at radius 3 is 1.10 bits per heavy atom. The number of anilines is 15. The molecule has 0 saturated heterocycles. The number of amides is 5. The van der Waals surface area contributed by atoms with E-state index in [0.717, 1.165) is 40.2 Å². The van der Waals surface area contributed by atoms with Gasteiger partial charge in [-0.15, -0.1) is 0 Å². The lowest BCUT2D eigenvalue weighted by Crippen LogP contribution is -2.40. The van der Waals surface area contributed by atoms with Crippen LogP contribution in [0.15, 0.2) is 191 Å². The van der Waals surface area contributed by atoms with Gasteiger partial charge in [-0.1, -0.05) is 89.0 Å². The Bertz CT molecular complexity index is 7960. The van der Waals surface area contributed by atoms with Crippen molar-refractivity contribution in [3.05, 3.63) is 358 Å². The third-order valence-corrected chi connectivity index (χ3v) is 26.0. The summed E-state index contributed by atoms with van der Waals surface area (Å²) >= 11 is 12.3. The highest BCUT2D eigenvalue weighted by Crippen LogP contribution is 2.45. The molecule has 0 saturated carbocycles. The maximum absolute atomic E-state index is 14.5. The van der Waals surface area contributed by atoms with Crippen molar-refractivity contribution in [2.75, 3.05) is 60.3 Å². The third-order valence-electron chi connectivity index (χ3n) is 25.3. The van der Waals surface area contributed by atoms with E-state index in [1.807, 2.05) is 106 Å². The normalized spacial score (nSPS) is 14.6. The van der Waals surface area contributed by atoms with E-state index < -0.39 is 107 Å². The molecule has 5 unspecified atom stereocenters. The van der Waals surface area contributed by atoms with Crippen LogP contribution in [0.2, 0.25) is 10.0 Å². The second kappa shape index (κ2) is 40.9. The van der Waals surface area contributed by atoms with E-state index in [1.54, 1.807) is 43.3 Å². The van der Waals surface area contributed by atoms with Crippen LogP contribution in [0.1, 0.15) is 235 Å². The minimum atomic E-state index is -4.80. The summed E-state index contributed by atoms with van der Waals surface area (Å²) in [5.41, 5.74) is -2.73. The topological polar surface area (TPSA) is 511 Å². The molecule has 0 fully saturated rings. The Hall–Kier alpha value is -16.7. The SMILES string of the molecule is CCC(Nc1c(Nc2c(OC)ccc3c2C(=O)NC3)c(=O)c1=O)c1ccc(C)o1.CC[C@@H](Nc1c(Nc2c(F)ccc3c2C(=O)NC3C)c(=O)c1=O)c1ccc(C)o1.Cc1ccc(C(Nc2c(Nc3c(Cl)ccc4c3C(=O)NC4)c(=O)c2=O)C(C)C)o1.Cc1ccc(C(Nc2c(Nc3c(F)ccc4c3C(=O)NC4)c(=O)c2=O)C(C)C)o1.Cc1ccc(C(Nc2c(Nc3ccc(Cl)c4c3C(=O)NC4)c(=O)c2=O)C(F)(F)F)o1. The van der Waals surface area contributed by atoms with E-state index in [1.165, 1.54) is 56.5 Å². The largest absolute Gasteiger partial charge is 0.495 e. The van der Waals surface area contributed by atoms with E-state index in [2.05, 4.69) is 79.8 Å². The van der Waals surface area contributed by atoms with Crippen LogP contribution in [-0.4, -0.2) is 42.8 Å². The molecule has 756 valence electrons. The van der Waals surface area contributed by atoms with E-state index in [0.29, 0.717) is 104 Å². The van der Waals surface area contributed by atoms with E-state index in [4.69, 9.17) is 50.0 Å². The molecule has 0 bridgehead atoms. The number of rotatable bonds is 30. The van der Waals surface area contributed by atoms with Crippen molar-refractivity contribution in [2.45, 2.75) is 165 Å². The molecule has 10 aromatic carbocycles. The number of alkyl halides is 3. The van der Waals surface area contributed by atoms with Gasteiger partial charge in [-0.25, -0.2) is 8.78 Å². The summed E-state index contributed by atoms with van der Waals surface area (Å²) in [6, 6.07) is 28.6. The van der Waals surface area contributed by atoms with Crippen molar-refractivity contribution in [1.82, 2.24) is 26.6 Å². The molecular formula is C103H94Cl2F5N15O21. The fourth-order valence-corrected chi connectivity index (χ4v) is 17.9. The van der Waals surface area contributed by atoms with Crippen molar-refractivity contribution in [3.63, 3.8) is 0 Å². The van der Waals surface area contributed by atoms with Crippen molar-refractivity contribution in [1.29, 1.82) is 0 Å². The first-order valence-corrected chi connectivity index (χ1v) is 46.8. The second-order valence-corrected chi connectivity index (χ2v) is 36.6. The molecule has 0 spiro atoms. The second-order valence-electron chi connectivity index (χ2n) is 35.8. The molecule has 43 heteroatoms. The van der Waals surface area contributed by atoms with Crippen LogP contribution < -0.4 is 139 Å². The van der Waals surface area contributed by atoms with E-state index >= 15 is 0 Å². The number of benzene rings is 5. The molecule has 146 heavy (non-hydrogen) atoms. The van der Waals surface area contributed by atoms with Gasteiger partial charge in [0.2, 0.25) is 0 Å². The van der Waals surface area contributed by atoms with Gasteiger partial charge in [-0.05, 0) is 186 Å². The number of carbonyl (C=O) groups is 5. The average Bonchev–Trinajstić information content (AvgIpc) is 1.14. The van der Waals surface area contributed by atoms with Crippen LogP contribution in [0.25, 0.3) is 0 Å². The number of hydrogen-bond donors (Lipinski definition) is 15. The third kappa shape index (κ3) is 19.7. The van der Waals surface area contributed by atoms with Crippen LogP contribution in [0, 0.1) is 58.1 Å². The van der Waals surface area contributed by atoms with Gasteiger partial charge >= 0.3 is 6.18 Å². The molecule has 6 atom stereocenters. The van der Waals surface area contributed by atoms with Gasteiger partial charge in [0.1, 0.15) is 132 Å². The Labute approximate surface area is 833 Å². The number of furan rings is 5. The molecule has 20 rings (SSSR count). The van der Waals surface area contributed by atoms with Gasteiger partial charge in [0, 0.05) is 36.8 Å². The highest BCUT2D eigenvalue weighted by atomic mass is 35.5. The monoisotopic (exact) mass is 2040 g/mol. The zero-order chi connectivity index (χ0) is 105. The first kappa shape index (κ1) is 102. The van der Waals surface area contributed by atoms with Crippen molar-refractivity contribution in [2.24, 2.45) is 11.8 Å². The maximum Gasteiger partial charge on any atom is 0.415 e. The summed E-state index contributed by atoms with van der Waals surface area (Å²) in [5, 5.41) is 42.3. The van der Waals surface area contributed by atoms with Crippen LogP contribution in [0.5, 0.6) is 5.75 Å². The molecule has 10 heterocycles. The fourth-order valence-electron chi connectivity index (χ4n) is 17.5. The Morgan fingerprint density at radius 1 is 0.356 bits per heavy atom. The Kier molecular flexibility index (Phi) is 28.7. The molecule has 15 N–H and O–H groups in total. The van der Waals surface area contributed by atoms with Crippen LogP contribution in [0.3, 0.4) is 0 Å². The molecule has 5 amide bonds. The lowest BCUT2D eigenvalue weighted by Gasteiger charge is -2.24. The molecular weight excluding hydrogens is 1950 g/mol. The minimum Gasteiger partial charge on any atom is -0.495 e. The Balaban J connectivity index is 0.000000131. The quantitative estimate of drug-likeness (QED) is 0.0147. The maximum atomic E-state index is 14.5. The highest BCUT2D eigenvalue weighted by Gasteiger charge is 2.46. The van der Waals surface area contributed by atoms with Crippen molar-refractivity contribution in [3.8, 4) is 5.75 Å². The van der Waals surface area contributed by atoms with Crippen LogP contribution >= 0.6 is 23.2 Å². The summed E-state index contributed by atoms with van der Waals surface area (Å²) in [5.74, 6) is 2.73. The van der Waals surface area contributed by atoms with E-state index in [-0.39, 0.29) is 158 Å². The first-order valence-electron chi connectivity index (χ1n) is 46.0. The highest BCUT2D eigenvalue weighted by molar-refractivity contribution is 6.35. The van der Waals surface area contributed by atoms with Gasteiger partial charge in [-0.2, -0.15) is 13.2 Å². The number of ether oxygens (including phenoxy) is 1. The first-order chi connectivity index (χ1) is 69.4. The summed E-state index contributed by atoms with van der Waals surface area (Å²) in [4.78, 5) is 183. The van der Waals surface area contributed by atoms with Gasteiger partial charge in [0.05, 0.1) is 98.6 Å². The fraction of sp³-hybridized carbons (Fsp3) is 0.272. The zero-order valence-corrected chi connectivity index (χ0v) is 81.6. The predicted molar refractivity (Wildman–Crippen MR) is 538 cm³/mol. The van der Waals surface area contributed by atoms with E-state index in [9.17, 15) is 93.9 Å². The lowest BCUT2D eigenvalue weighted by atomic mass is 10.00. The average molecular weight is 2040 g/mol. The number of aryl methyl sites for hydroxylation is 5. The number of fused-ring (bicyclic) bond motifs is 5. The van der Waals surface area contributed by atoms with Crippen LogP contribution in [0.4, 0.5) is 107 Å². The van der Waals surface area contributed by atoms with Gasteiger partial charge in [0.25, 0.3) is 83.8 Å². The summed E-state index contributed by atoms with van der Waals surface area (Å²) in [6.07, 6.45) is -3.55. The molecule has 36 nitrogen and oxygen atoms in total. The molecule has 0 radical (unpaired) electrons. The summed E-state index contributed by atoms with van der Waals surface area (Å²) in [7, 11) is 1.48. The van der Waals surface area contributed by atoms with Crippen molar-refractivity contribution >= 4 is 138 Å². The van der Waals surface area contributed by atoms with Gasteiger partial charge in [0.15, 0.2) is 6.04 Å². The van der Waals surface area contributed by atoms with Gasteiger partial charge < -0.3 is 107 Å². The standard InChI is InChI=1S/C21H20ClN3O4.2C21H20FN3O4.C21H21N3O5.C19H13ClF3N3O4/c2*1-9(2)15(13-7-4-10(3)29-13)24-17-18(20(27)19(17)26)25-16-12(22)6-5-11-8-23-21(28)14(11)16;1-4-13(14-8-5-9(2)29-14)24-17-18(20(27)19(17)26)25-16-12(22)7-6-11-10(3)23-21(28)15(11)16;1-4-12(13-7-5-10(2)29-13)23-17-18(20(26)19(17)25)24-16-14(28-3)8-6-11-9-22-21(27)15(11)16;1-7-2-5-11(30-7)17(19(21,22)23)26-14-13(15(27)16(14)28)25-10-4-3-9(20)8-6-24-18(29)12(8)10/h2*4-7,9,15,24-25H,8H2,1-3H3,(H,23,28);5-8,10,13,24-25H,4H2,1-3H3,(H,23,28);5-8,12,23-24H,4,9H2,1-3H3,(H,22,27);2-5,17,25-26H,6H2,1H3,(H,24,29)/t;;10?,13-;;/m..1../s1. The minimum absolute atomic E-state index is 0.0429. The number of hydrogen-bond acceptors (Lipinski definition) is 31.